The van der Waals surface area contributed by atoms with Crippen LogP contribution < -0.4 is 14.9 Å². The number of methoxy groups -OCH3 is 1. The molecule has 4 aromatic rings. The molecule has 0 saturated carbocycles. The van der Waals surface area contributed by atoms with Gasteiger partial charge in [0.1, 0.15) is 12.4 Å². The van der Waals surface area contributed by atoms with E-state index in [0.717, 1.165) is 11.1 Å². The highest BCUT2D eigenvalue weighted by molar-refractivity contribution is 9.10. The Balaban J connectivity index is 1.52. The second-order valence-corrected chi connectivity index (χ2v) is 7.99. The Hall–Kier alpha value is -3.24. The zero-order chi connectivity index (χ0) is 22.5. The molecule has 0 aliphatic heterocycles. The first-order valence-corrected chi connectivity index (χ1v) is 10.8. The number of H-pyrrole nitrogens is 1. The lowest BCUT2D eigenvalue weighted by Crippen LogP contribution is -2.16. The molecule has 0 saturated heterocycles. The van der Waals surface area contributed by atoms with Gasteiger partial charge in [-0.25, -0.2) is 14.2 Å². The molecular formula is C22H19BrFN5O2S. The van der Waals surface area contributed by atoms with Crippen LogP contribution in [-0.4, -0.2) is 27.0 Å². The smallest absolute Gasteiger partial charge is 0.214 e. The summed E-state index contributed by atoms with van der Waals surface area (Å²) in [5.41, 5.74) is 5.52. The van der Waals surface area contributed by atoms with Crippen molar-refractivity contribution >= 4 is 28.1 Å². The topological polar surface area (TPSA) is 77.0 Å². The van der Waals surface area contributed by atoms with E-state index in [-0.39, 0.29) is 12.4 Å². The van der Waals surface area contributed by atoms with Crippen molar-refractivity contribution < 1.29 is 13.9 Å². The minimum atomic E-state index is -0.315. The van der Waals surface area contributed by atoms with Gasteiger partial charge in [0.05, 0.1) is 18.1 Å². The quantitative estimate of drug-likeness (QED) is 0.312. The van der Waals surface area contributed by atoms with Gasteiger partial charge in [0.25, 0.3) is 0 Å². The number of nitrogens with one attached hydrogen (secondary N) is 2. The number of aromatic nitrogens is 4. The van der Waals surface area contributed by atoms with Crippen LogP contribution in [0.4, 0.5) is 4.39 Å². The number of benzene rings is 2. The Morgan fingerprint density at radius 1 is 1.19 bits per heavy atom. The van der Waals surface area contributed by atoms with Gasteiger partial charge < -0.3 is 14.9 Å². The van der Waals surface area contributed by atoms with Crippen molar-refractivity contribution in [3.63, 3.8) is 0 Å². The van der Waals surface area contributed by atoms with Gasteiger partial charge in [-0.2, -0.15) is 5.10 Å². The number of pyridine rings is 1. The average Bonchev–Trinajstić information content (AvgIpc) is 3.18. The minimum absolute atomic E-state index is 0.0820. The number of aromatic amines is 1. The van der Waals surface area contributed by atoms with E-state index < -0.39 is 0 Å². The molecule has 2 aromatic carbocycles. The maximum Gasteiger partial charge on any atom is 0.214 e. The van der Waals surface area contributed by atoms with Crippen molar-refractivity contribution in [1.82, 2.24) is 19.9 Å². The van der Waals surface area contributed by atoms with Gasteiger partial charge in [0.15, 0.2) is 17.3 Å². The van der Waals surface area contributed by atoms with Gasteiger partial charge in [-0.15, -0.1) is 0 Å². The van der Waals surface area contributed by atoms with E-state index in [1.54, 1.807) is 42.4 Å². The molecule has 32 heavy (non-hydrogen) atoms. The number of rotatable bonds is 8. The highest BCUT2D eigenvalue weighted by Gasteiger charge is 2.14. The molecule has 0 bridgehead atoms. The third-order valence-corrected chi connectivity index (χ3v) is 5.53. The summed E-state index contributed by atoms with van der Waals surface area (Å²) < 4.78 is 28.1. The number of ether oxygens (including phenoxy) is 2. The van der Waals surface area contributed by atoms with Crippen LogP contribution in [0.15, 0.2) is 65.4 Å². The Bertz CT molecular complexity index is 1280. The van der Waals surface area contributed by atoms with Crippen LogP contribution in [0.25, 0.3) is 11.4 Å². The molecule has 0 radical (unpaired) electrons. The zero-order valence-corrected chi connectivity index (χ0v) is 19.4. The van der Waals surface area contributed by atoms with Gasteiger partial charge in [-0.3, -0.25) is 4.98 Å². The molecule has 7 nitrogen and oxygen atoms in total. The monoisotopic (exact) mass is 515 g/mol. The fraction of sp³-hybridized carbons (Fsp3) is 0.136. The van der Waals surface area contributed by atoms with E-state index in [9.17, 15) is 4.39 Å². The van der Waals surface area contributed by atoms with Crippen LogP contribution in [-0.2, 0) is 13.2 Å². The maximum absolute atomic E-state index is 13.9. The Morgan fingerprint density at radius 3 is 2.72 bits per heavy atom. The highest BCUT2D eigenvalue weighted by atomic mass is 79.9. The van der Waals surface area contributed by atoms with Crippen LogP contribution in [0.3, 0.4) is 0 Å². The third kappa shape index (κ3) is 4.81. The summed E-state index contributed by atoms with van der Waals surface area (Å²) in [7, 11) is 1.56. The molecule has 164 valence electrons. The van der Waals surface area contributed by atoms with Gasteiger partial charge in [-0.05, 0) is 64.0 Å². The zero-order valence-electron chi connectivity index (χ0n) is 17.0. The number of hydrogen-bond acceptors (Lipinski definition) is 6. The molecule has 4 rings (SSSR count). The second-order valence-electron chi connectivity index (χ2n) is 6.75. The summed E-state index contributed by atoms with van der Waals surface area (Å²) in [4.78, 5) is 4.03. The lowest BCUT2D eigenvalue weighted by molar-refractivity contribution is 0.277. The van der Waals surface area contributed by atoms with Gasteiger partial charge in [0.2, 0.25) is 4.77 Å². The first kappa shape index (κ1) is 22.0. The van der Waals surface area contributed by atoms with Crippen LogP contribution in [0.2, 0.25) is 0 Å². The maximum atomic E-state index is 13.9. The summed E-state index contributed by atoms with van der Waals surface area (Å²) in [6.45, 7) is 0.521. The average molecular weight is 516 g/mol. The van der Waals surface area contributed by atoms with Gasteiger partial charge >= 0.3 is 0 Å². The summed E-state index contributed by atoms with van der Waals surface area (Å²) in [6, 6.07) is 14.0. The summed E-state index contributed by atoms with van der Waals surface area (Å²) in [6.07, 6.45) is 3.39. The fourth-order valence-corrected chi connectivity index (χ4v) is 3.89. The van der Waals surface area contributed by atoms with Crippen molar-refractivity contribution in [3.05, 3.63) is 87.1 Å². The van der Waals surface area contributed by atoms with E-state index in [4.69, 9.17) is 21.7 Å². The number of nitrogens with zero attached hydrogens (tertiary/aromatic N) is 3. The van der Waals surface area contributed by atoms with E-state index in [1.165, 1.54) is 6.07 Å². The van der Waals surface area contributed by atoms with Crippen molar-refractivity contribution in [3.8, 4) is 22.9 Å². The normalized spacial score (nSPS) is 10.7. The molecule has 10 heteroatoms. The van der Waals surface area contributed by atoms with Crippen LogP contribution >= 0.6 is 28.1 Å². The molecule has 2 N–H and O–H groups in total. The number of halogens is 2. The highest BCUT2D eigenvalue weighted by Crippen LogP contribution is 2.37. The summed E-state index contributed by atoms with van der Waals surface area (Å²) in [5.74, 6) is 1.35. The van der Waals surface area contributed by atoms with E-state index >= 15 is 0 Å². The molecule has 2 aromatic heterocycles. The Kier molecular flexibility index (Phi) is 6.81. The van der Waals surface area contributed by atoms with Crippen molar-refractivity contribution in [1.29, 1.82) is 0 Å². The number of hydrogen-bond donors (Lipinski definition) is 2. The molecule has 2 heterocycles. The summed E-state index contributed by atoms with van der Waals surface area (Å²) in [5, 5.41) is 7.09. The van der Waals surface area contributed by atoms with Crippen LogP contribution in [0.1, 0.15) is 11.1 Å². The lowest BCUT2D eigenvalue weighted by atomic mass is 10.2. The molecule has 0 amide bonds. The molecular weight excluding hydrogens is 497 g/mol. The molecule has 0 spiro atoms. The lowest BCUT2D eigenvalue weighted by Gasteiger charge is -2.16. The van der Waals surface area contributed by atoms with Crippen LogP contribution in [0.5, 0.6) is 11.5 Å². The first-order chi connectivity index (χ1) is 15.6. The molecule has 0 fully saturated rings. The molecule has 0 unspecified atom stereocenters. The Morgan fingerprint density at radius 2 is 1.97 bits per heavy atom. The fourth-order valence-electron chi connectivity index (χ4n) is 3.09. The summed E-state index contributed by atoms with van der Waals surface area (Å²) >= 11 is 8.89. The molecule has 0 atom stereocenters. The van der Waals surface area contributed by atoms with Gasteiger partial charge in [-0.1, -0.05) is 18.2 Å². The van der Waals surface area contributed by atoms with Gasteiger partial charge in [0, 0.05) is 23.5 Å². The minimum Gasteiger partial charge on any atom is -0.493 e. The predicted octanol–water partition coefficient (Wildman–Crippen LogP) is 5.24. The standard InChI is InChI=1S/C22H19BrFN5O2S/c1-30-19-11-14(10-17(23)20(19)31-13-16-4-2-3-5-18(16)24)12-26-29-21(27-28-22(29)32)15-6-8-25-9-7-15/h2-11,26H,12-13H2,1H3,(H,28,32). The van der Waals surface area contributed by atoms with E-state index in [2.05, 4.69) is 36.5 Å². The Labute approximate surface area is 197 Å². The van der Waals surface area contributed by atoms with E-state index in [1.807, 2.05) is 24.3 Å². The largest absolute Gasteiger partial charge is 0.493 e. The molecule has 0 aliphatic carbocycles. The van der Waals surface area contributed by atoms with Crippen molar-refractivity contribution in [2.75, 3.05) is 12.5 Å². The molecule has 0 aliphatic rings. The predicted molar refractivity (Wildman–Crippen MR) is 125 cm³/mol. The van der Waals surface area contributed by atoms with Crippen LogP contribution in [0, 0.1) is 10.6 Å². The SMILES string of the molecule is COc1cc(CNn2c(-c3ccncc3)n[nH]c2=S)cc(Br)c1OCc1ccccc1F. The third-order valence-electron chi connectivity index (χ3n) is 4.67. The first-order valence-electron chi connectivity index (χ1n) is 9.61. The van der Waals surface area contributed by atoms with Crippen molar-refractivity contribution in [2.45, 2.75) is 13.2 Å². The second kappa shape index (κ2) is 9.92. The van der Waals surface area contributed by atoms with Crippen molar-refractivity contribution in [2.24, 2.45) is 0 Å². The van der Waals surface area contributed by atoms with E-state index in [0.29, 0.717) is 38.7 Å².